The minimum Gasteiger partial charge on any atom is -0.453 e. The molecule has 0 saturated heterocycles. The number of para-hydroxylation sites is 1. The van der Waals surface area contributed by atoms with Crippen LogP contribution in [0, 0.1) is 0 Å². The summed E-state index contributed by atoms with van der Waals surface area (Å²) < 4.78 is 14.3. The van der Waals surface area contributed by atoms with Crippen molar-refractivity contribution in [3.05, 3.63) is 297 Å². The van der Waals surface area contributed by atoms with Crippen LogP contribution < -0.4 is 4.74 Å². The van der Waals surface area contributed by atoms with Gasteiger partial charge in [0.05, 0.1) is 38.8 Å². The van der Waals surface area contributed by atoms with Crippen LogP contribution >= 0.6 is 0 Å². The molecule has 1 aliphatic heterocycles. The number of nitrogens with zero attached hydrogens (tertiary/aromatic N) is 3. The zero-order valence-corrected chi connectivity index (χ0v) is 44.5. The zero-order chi connectivity index (χ0) is 53.8. The number of benzene rings is 13. The number of fused-ring (bicyclic) bond motifs is 11. The van der Waals surface area contributed by atoms with Crippen LogP contribution in [0.25, 0.3) is 149 Å². The maximum atomic E-state index is 7.10. The maximum absolute atomic E-state index is 7.10. The molecule has 4 heteroatoms. The number of hydrogen-bond acceptors (Lipinski definition) is 1. The van der Waals surface area contributed by atoms with Gasteiger partial charge < -0.3 is 18.4 Å². The highest BCUT2D eigenvalue weighted by Gasteiger charge is 2.26. The van der Waals surface area contributed by atoms with Crippen molar-refractivity contribution >= 4 is 65.4 Å². The van der Waals surface area contributed by atoms with Gasteiger partial charge in [-0.2, -0.15) is 0 Å². The molecule has 0 aliphatic carbocycles. The molecule has 0 atom stereocenters. The van der Waals surface area contributed by atoms with Crippen LogP contribution in [-0.2, 0) is 0 Å². The third-order valence-electron chi connectivity index (χ3n) is 17.0. The lowest BCUT2D eigenvalue weighted by atomic mass is 10.0. The van der Waals surface area contributed by atoms with E-state index in [2.05, 4.69) is 311 Å². The van der Waals surface area contributed by atoms with Crippen molar-refractivity contribution in [3.8, 4) is 95.3 Å². The zero-order valence-electron chi connectivity index (χ0n) is 44.5. The van der Waals surface area contributed by atoms with Crippen LogP contribution in [0.2, 0.25) is 0 Å². The van der Waals surface area contributed by atoms with E-state index < -0.39 is 0 Å². The van der Waals surface area contributed by atoms with Crippen molar-refractivity contribution in [1.82, 2.24) is 13.7 Å². The molecule has 4 heterocycles. The van der Waals surface area contributed by atoms with Crippen molar-refractivity contribution < 1.29 is 4.74 Å². The topological polar surface area (TPSA) is 24.0 Å². The van der Waals surface area contributed by atoms with Crippen molar-refractivity contribution in [2.75, 3.05) is 0 Å². The van der Waals surface area contributed by atoms with Gasteiger partial charge in [-0.25, -0.2) is 0 Å². The fourth-order valence-electron chi connectivity index (χ4n) is 13.1. The molecule has 0 spiro atoms. The maximum Gasteiger partial charge on any atom is 0.152 e. The molecule has 1 aliphatic rings. The Morgan fingerprint density at radius 3 is 0.951 bits per heavy atom. The summed E-state index contributed by atoms with van der Waals surface area (Å²) in [5.41, 5.74) is 24.3. The van der Waals surface area contributed by atoms with Gasteiger partial charge in [-0.3, -0.25) is 0 Å². The molecule has 0 saturated carbocycles. The van der Waals surface area contributed by atoms with Gasteiger partial charge in [0, 0.05) is 43.7 Å². The Morgan fingerprint density at radius 1 is 0.195 bits per heavy atom. The lowest BCUT2D eigenvalue weighted by molar-refractivity contribution is 0.477. The molecule has 82 heavy (non-hydrogen) atoms. The van der Waals surface area contributed by atoms with Gasteiger partial charge in [-0.1, -0.05) is 194 Å². The molecule has 0 bridgehead atoms. The molecule has 382 valence electrons. The van der Waals surface area contributed by atoms with Crippen molar-refractivity contribution in [1.29, 1.82) is 0 Å². The third-order valence-corrected chi connectivity index (χ3v) is 17.0. The van der Waals surface area contributed by atoms with Crippen LogP contribution in [0.1, 0.15) is 0 Å². The summed E-state index contributed by atoms with van der Waals surface area (Å²) in [4.78, 5) is 0. The summed E-state index contributed by atoms with van der Waals surface area (Å²) in [5, 5.41) is 7.28. The quantitative estimate of drug-likeness (QED) is 0.149. The average molecular weight is 1040 g/mol. The van der Waals surface area contributed by atoms with E-state index in [1.54, 1.807) is 0 Å². The lowest BCUT2D eigenvalue weighted by Gasteiger charge is -2.22. The average Bonchev–Trinajstić information content (AvgIpc) is 4.35. The molecule has 0 amide bonds. The standard InChI is InChI=1S/C78H49N3O/c1-5-15-50(16-6-1)56-29-38-71-65(43-56)66-44-57(51-17-7-2-8-18-51)30-39-72(66)79(71)62-34-25-54(26-35-62)60-33-42-75-76(48-60)82-77-49-61(47-69-64-23-13-14-24-70(64)81(75)78(69)77)55-27-36-63(37-28-55)80-73-40-31-58(52-19-9-3-10-20-52)45-67(73)68-46-59(32-41-74(68)80)53-21-11-4-12-22-53/h1-49H. The Morgan fingerprint density at radius 2 is 0.512 bits per heavy atom. The van der Waals surface area contributed by atoms with E-state index in [9.17, 15) is 0 Å². The highest BCUT2D eigenvalue weighted by atomic mass is 16.5. The second-order valence-electron chi connectivity index (χ2n) is 21.7. The van der Waals surface area contributed by atoms with Gasteiger partial charge in [-0.05, 0) is 170 Å². The first-order valence-electron chi connectivity index (χ1n) is 28.1. The van der Waals surface area contributed by atoms with E-state index in [0.717, 1.165) is 61.8 Å². The highest BCUT2D eigenvalue weighted by molar-refractivity contribution is 6.15. The fraction of sp³-hybridized carbons (Fsp3) is 0. The Balaban J connectivity index is 0.731. The van der Waals surface area contributed by atoms with Gasteiger partial charge in [0.25, 0.3) is 0 Å². The largest absolute Gasteiger partial charge is 0.453 e. The summed E-state index contributed by atoms with van der Waals surface area (Å²) >= 11 is 0. The molecule has 0 radical (unpaired) electrons. The van der Waals surface area contributed by atoms with E-state index in [0.29, 0.717) is 0 Å². The minimum absolute atomic E-state index is 0.826. The van der Waals surface area contributed by atoms with Crippen molar-refractivity contribution in [2.45, 2.75) is 0 Å². The Labute approximate surface area is 473 Å². The molecular weight excluding hydrogens is 995 g/mol. The third kappa shape index (κ3) is 7.32. The van der Waals surface area contributed by atoms with Crippen molar-refractivity contribution in [3.63, 3.8) is 0 Å². The summed E-state index contributed by atoms with van der Waals surface area (Å²) in [6.45, 7) is 0. The minimum atomic E-state index is 0.826. The van der Waals surface area contributed by atoms with Gasteiger partial charge in [-0.15, -0.1) is 0 Å². The van der Waals surface area contributed by atoms with E-state index in [4.69, 9.17) is 4.74 Å². The molecule has 17 rings (SSSR count). The predicted octanol–water partition coefficient (Wildman–Crippen LogP) is 21.1. The first-order chi connectivity index (χ1) is 40.6. The van der Waals surface area contributed by atoms with Crippen LogP contribution in [0.4, 0.5) is 0 Å². The monoisotopic (exact) mass is 1040 g/mol. The van der Waals surface area contributed by atoms with E-state index >= 15 is 0 Å². The predicted molar refractivity (Wildman–Crippen MR) is 342 cm³/mol. The number of ether oxygens (including phenoxy) is 1. The van der Waals surface area contributed by atoms with Crippen LogP contribution in [0.3, 0.4) is 0 Å². The second-order valence-corrected chi connectivity index (χ2v) is 21.7. The van der Waals surface area contributed by atoms with Crippen LogP contribution in [0.5, 0.6) is 11.5 Å². The summed E-state index contributed by atoms with van der Waals surface area (Å²) in [6, 6.07) is 108. The van der Waals surface area contributed by atoms with Gasteiger partial charge in [0.1, 0.15) is 0 Å². The van der Waals surface area contributed by atoms with Gasteiger partial charge in [0.15, 0.2) is 11.5 Å². The molecular formula is C78H49N3O. The van der Waals surface area contributed by atoms with E-state index in [1.165, 1.54) is 98.9 Å². The lowest BCUT2D eigenvalue weighted by Crippen LogP contribution is -2.04. The summed E-state index contributed by atoms with van der Waals surface area (Å²) in [6.07, 6.45) is 0. The molecule has 3 aromatic heterocycles. The van der Waals surface area contributed by atoms with E-state index in [-0.39, 0.29) is 0 Å². The fourth-order valence-corrected chi connectivity index (χ4v) is 13.1. The Hall–Kier alpha value is -10.9. The summed E-state index contributed by atoms with van der Waals surface area (Å²) in [7, 11) is 0. The number of aromatic nitrogens is 3. The normalized spacial score (nSPS) is 12.0. The van der Waals surface area contributed by atoms with Gasteiger partial charge >= 0.3 is 0 Å². The number of hydrogen-bond donors (Lipinski definition) is 0. The molecule has 4 nitrogen and oxygen atoms in total. The van der Waals surface area contributed by atoms with E-state index in [1.807, 2.05) is 0 Å². The summed E-state index contributed by atoms with van der Waals surface area (Å²) in [5.74, 6) is 1.67. The molecule has 0 fully saturated rings. The van der Waals surface area contributed by atoms with Crippen LogP contribution in [0.15, 0.2) is 297 Å². The molecule has 16 aromatic rings. The smallest absolute Gasteiger partial charge is 0.152 e. The highest BCUT2D eigenvalue weighted by Crippen LogP contribution is 2.49. The van der Waals surface area contributed by atoms with Crippen LogP contribution in [-0.4, -0.2) is 13.7 Å². The first kappa shape index (κ1) is 46.0. The molecule has 0 N–H and O–H groups in total. The molecule has 13 aromatic carbocycles. The number of rotatable bonds is 8. The Kier molecular flexibility index (Phi) is 10.3. The van der Waals surface area contributed by atoms with Gasteiger partial charge in [0.2, 0.25) is 0 Å². The Bertz CT molecular complexity index is 5000. The second kappa shape index (κ2) is 18.3. The first-order valence-corrected chi connectivity index (χ1v) is 28.1. The SMILES string of the molecule is c1ccc(-c2ccc3c(c2)c2cc(-c4ccccc4)ccc2n3-c2ccc(-c3ccc4c(c3)Oc3cc(-c5ccc(-n6c7ccc(-c8ccccc8)cc7c7cc(-c8ccccc8)ccc76)cc5)cc5c6ccccc6n-4c35)cc2)cc1. The van der Waals surface area contributed by atoms with Crippen molar-refractivity contribution in [2.24, 2.45) is 0 Å². The molecule has 0 unspecified atom stereocenters.